The second-order valence-electron chi connectivity index (χ2n) is 10.2. The summed E-state index contributed by atoms with van der Waals surface area (Å²) in [6.07, 6.45) is -2.44. The zero-order chi connectivity index (χ0) is 28.5. The van der Waals surface area contributed by atoms with Crippen molar-refractivity contribution in [2.24, 2.45) is 5.92 Å². The molecule has 0 spiro atoms. The van der Waals surface area contributed by atoms with E-state index in [1.54, 1.807) is 25.1 Å². The van der Waals surface area contributed by atoms with Crippen LogP contribution in [0.1, 0.15) is 72.5 Å². The Morgan fingerprint density at radius 2 is 1.90 bits per heavy atom. The minimum absolute atomic E-state index is 0.167. The van der Waals surface area contributed by atoms with Gasteiger partial charge in [0.2, 0.25) is 5.88 Å². The van der Waals surface area contributed by atoms with Crippen molar-refractivity contribution in [3.63, 3.8) is 0 Å². The fourth-order valence-corrected chi connectivity index (χ4v) is 5.29. The van der Waals surface area contributed by atoms with Crippen LogP contribution in [0.25, 0.3) is 5.69 Å². The number of halogens is 3. The number of nitrogens with one attached hydrogen (secondary N) is 1. The molecule has 1 aliphatic carbocycles. The van der Waals surface area contributed by atoms with Crippen LogP contribution in [0.15, 0.2) is 36.4 Å². The van der Waals surface area contributed by atoms with Crippen LogP contribution in [0.3, 0.4) is 0 Å². The van der Waals surface area contributed by atoms with Crippen molar-refractivity contribution in [3.8, 4) is 17.3 Å². The highest BCUT2D eigenvalue weighted by atomic mass is 19.4. The fourth-order valence-electron chi connectivity index (χ4n) is 5.29. The van der Waals surface area contributed by atoms with Gasteiger partial charge >= 0.3 is 12.1 Å². The third-order valence-electron chi connectivity index (χ3n) is 7.53. The van der Waals surface area contributed by atoms with E-state index in [9.17, 15) is 28.2 Å². The minimum Gasteiger partial charge on any atom is -0.507 e. The number of alkyl halides is 3. The molecule has 1 saturated carbocycles. The number of aromatic nitrogens is 2. The smallest absolute Gasteiger partial charge is 0.412 e. The number of ether oxygens (including phenoxy) is 1. The second-order valence-corrected chi connectivity index (χ2v) is 10.2. The first-order valence-corrected chi connectivity index (χ1v) is 13.1. The van der Waals surface area contributed by atoms with Gasteiger partial charge in [-0.15, -0.1) is 0 Å². The van der Waals surface area contributed by atoms with Crippen LogP contribution in [-0.2, 0) is 9.53 Å². The number of carbonyl (C=O) groups excluding carboxylic acids is 1. The molecule has 1 fully saturated rings. The van der Waals surface area contributed by atoms with Gasteiger partial charge in [-0.1, -0.05) is 30.7 Å². The Kier molecular flexibility index (Phi) is 8.13. The molecule has 3 unspecified atom stereocenters. The zero-order valence-corrected chi connectivity index (χ0v) is 22.5. The monoisotopic (exact) mass is 545 g/mol. The Balaban J connectivity index is 1.68. The topological polar surface area (TPSA) is 96.6 Å². The summed E-state index contributed by atoms with van der Waals surface area (Å²) in [5, 5.41) is 28.7. The molecular weight excluding hydrogens is 511 g/mol. The van der Waals surface area contributed by atoms with Crippen LogP contribution in [0, 0.1) is 26.7 Å². The summed E-state index contributed by atoms with van der Waals surface area (Å²) >= 11 is 0. The quantitative estimate of drug-likeness (QED) is 0.284. The van der Waals surface area contributed by atoms with Crippen LogP contribution in [0.2, 0.25) is 0 Å². The van der Waals surface area contributed by atoms with Gasteiger partial charge in [-0.05, 0) is 81.7 Å². The van der Waals surface area contributed by atoms with Gasteiger partial charge in [0, 0.05) is 5.56 Å². The lowest BCUT2D eigenvalue weighted by molar-refractivity contribution is -0.149. The SMILES string of the molecule is CCOC(=O)C1CCCC(c2cccc(C(Nc3c(C)nn(-c4ccc(C)c(C)c4)c3O)C(F)(F)F)c2O)C1. The number of hydrogen-bond donors (Lipinski definition) is 3. The summed E-state index contributed by atoms with van der Waals surface area (Å²) in [5.41, 5.74) is 2.46. The molecule has 0 aliphatic heterocycles. The number of benzene rings is 2. The maximum absolute atomic E-state index is 14.4. The first kappa shape index (κ1) is 28.3. The summed E-state index contributed by atoms with van der Waals surface area (Å²) in [6, 6.07) is 7.33. The van der Waals surface area contributed by atoms with Crippen molar-refractivity contribution in [2.75, 3.05) is 11.9 Å². The number of rotatable bonds is 7. The van der Waals surface area contributed by atoms with E-state index in [0.717, 1.165) is 11.1 Å². The van der Waals surface area contributed by atoms with E-state index < -0.39 is 23.8 Å². The number of aromatic hydroxyl groups is 2. The Bertz CT molecular complexity index is 1350. The zero-order valence-electron chi connectivity index (χ0n) is 22.5. The Morgan fingerprint density at radius 3 is 2.56 bits per heavy atom. The molecule has 1 aliphatic rings. The molecule has 210 valence electrons. The molecule has 0 saturated heterocycles. The molecule has 1 aromatic heterocycles. The van der Waals surface area contributed by atoms with Crippen molar-refractivity contribution < 1.29 is 32.9 Å². The van der Waals surface area contributed by atoms with E-state index in [1.165, 1.54) is 23.7 Å². The molecule has 3 atom stereocenters. The number of esters is 1. The van der Waals surface area contributed by atoms with Crippen molar-refractivity contribution in [3.05, 3.63) is 64.3 Å². The summed E-state index contributed by atoms with van der Waals surface area (Å²) in [6.45, 7) is 7.30. The molecule has 39 heavy (non-hydrogen) atoms. The average Bonchev–Trinajstić information content (AvgIpc) is 3.17. The minimum atomic E-state index is -4.81. The average molecular weight is 546 g/mol. The standard InChI is InChI=1S/C29H34F3N3O4/c1-5-39-28(38)20-9-6-8-19(15-20)22-10-7-11-23(25(22)36)26(29(30,31)32)33-24-18(4)34-35(27(24)37)21-13-12-16(2)17(3)14-21/h7,10-14,19-20,26,33,36-37H,5-6,8-9,15H2,1-4H3. The molecule has 0 amide bonds. The number of hydrogen-bond acceptors (Lipinski definition) is 6. The van der Waals surface area contributed by atoms with Gasteiger partial charge in [0.05, 0.1) is 23.9 Å². The molecule has 7 nitrogen and oxygen atoms in total. The number of phenolic OH excluding ortho intramolecular Hbond substituents is 1. The van der Waals surface area contributed by atoms with Crippen LogP contribution in [0.5, 0.6) is 11.6 Å². The Hall–Kier alpha value is -3.69. The van der Waals surface area contributed by atoms with Gasteiger partial charge in [-0.3, -0.25) is 4.79 Å². The largest absolute Gasteiger partial charge is 0.507 e. The van der Waals surface area contributed by atoms with E-state index in [2.05, 4.69) is 10.4 Å². The molecule has 10 heteroatoms. The molecular formula is C29H34F3N3O4. The molecule has 3 aromatic rings. The van der Waals surface area contributed by atoms with Gasteiger partial charge in [0.25, 0.3) is 0 Å². The van der Waals surface area contributed by atoms with E-state index in [-0.39, 0.29) is 41.4 Å². The van der Waals surface area contributed by atoms with Gasteiger partial charge in [0.1, 0.15) is 11.4 Å². The van der Waals surface area contributed by atoms with Crippen molar-refractivity contribution in [1.82, 2.24) is 9.78 Å². The maximum Gasteiger partial charge on any atom is 0.412 e. The van der Waals surface area contributed by atoms with Crippen LogP contribution in [0.4, 0.5) is 18.9 Å². The molecule has 0 radical (unpaired) electrons. The second kappa shape index (κ2) is 11.2. The third kappa shape index (κ3) is 5.84. The van der Waals surface area contributed by atoms with Crippen LogP contribution >= 0.6 is 0 Å². The van der Waals surface area contributed by atoms with Crippen LogP contribution < -0.4 is 5.32 Å². The lowest BCUT2D eigenvalue weighted by Crippen LogP contribution is -2.28. The normalized spacial score (nSPS) is 18.5. The molecule has 0 bridgehead atoms. The number of para-hydroxylation sites is 1. The Morgan fingerprint density at radius 1 is 1.15 bits per heavy atom. The van der Waals surface area contributed by atoms with Crippen LogP contribution in [-0.4, -0.2) is 38.7 Å². The maximum atomic E-state index is 14.4. The first-order valence-electron chi connectivity index (χ1n) is 13.1. The highest BCUT2D eigenvalue weighted by molar-refractivity contribution is 5.72. The van der Waals surface area contributed by atoms with E-state index in [1.807, 2.05) is 19.9 Å². The van der Waals surface area contributed by atoms with E-state index >= 15 is 0 Å². The lowest BCUT2D eigenvalue weighted by Gasteiger charge is -2.30. The third-order valence-corrected chi connectivity index (χ3v) is 7.53. The van der Waals surface area contributed by atoms with Gasteiger partial charge in [-0.25, -0.2) is 0 Å². The van der Waals surface area contributed by atoms with Gasteiger partial charge < -0.3 is 20.3 Å². The molecule has 1 heterocycles. The summed E-state index contributed by atoms with van der Waals surface area (Å²) in [7, 11) is 0. The fraction of sp³-hybridized carbons (Fsp3) is 0.448. The predicted octanol–water partition coefficient (Wildman–Crippen LogP) is 6.76. The predicted molar refractivity (Wildman–Crippen MR) is 141 cm³/mol. The summed E-state index contributed by atoms with van der Waals surface area (Å²) in [5.74, 6) is -1.91. The van der Waals surface area contributed by atoms with E-state index in [0.29, 0.717) is 36.9 Å². The number of carbonyl (C=O) groups is 1. The first-order chi connectivity index (χ1) is 18.4. The molecule has 2 aromatic carbocycles. The van der Waals surface area contributed by atoms with Crippen molar-refractivity contribution in [1.29, 1.82) is 0 Å². The molecule has 4 rings (SSSR count). The highest BCUT2D eigenvalue weighted by Gasteiger charge is 2.44. The van der Waals surface area contributed by atoms with Crippen molar-refractivity contribution >= 4 is 11.7 Å². The number of anilines is 1. The number of nitrogens with zero attached hydrogens (tertiary/aromatic N) is 2. The van der Waals surface area contributed by atoms with Gasteiger partial charge in [0.15, 0.2) is 6.04 Å². The Labute approximate surface area is 225 Å². The summed E-state index contributed by atoms with van der Waals surface area (Å²) < 4.78 is 49.7. The summed E-state index contributed by atoms with van der Waals surface area (Å²) in [4.78, 5) is 12.3. The molecule has 3 N–H and O–H groups in total. The van der Waals surface area contributed by atoms with Gasteiger partial charge in [-0.2, -0.15) is 23.0 Å². The highest BCUT2D eigenvalue weighted by Crippen LogP contribution is 2.46. The van der Waals surface area contributed by atoms with E-state index in [4.69, 9.17) is 4.74 Å². The van der Waals surface area contributed by atoms with Crippen molar-refractivity contribution in [2.45, 2.75) is 71.5 Å². The number of phenols is 1. The number of aryl methyl sites for hydroxylation is 3. The lowest BCUT2D eigenvalue weighted by atomic mass is 9.77.